The van der Waals surface area contributed by atoms with E-state index in [1.807, 2.05) is 23.6 Å². The lowest BCUT2D eigenvalue weighted by atomic mass is 10.1. The monoisotopic (exact) mass is 295 g/mol. The summed E-state index contributed by atoms with van der Waals surface area (Å²) in [6.45, 7) is 0. The second-order valence-electron chi connectivity index (χ2n) is 4.29. The number of nitrogens with zero attached hydrogens (tertiary/aromatic N) is 1. The molecule has 0 unspecified atom stereocenters. The van der Waals surface area contributed by atoms with Gasteiger partial charge < -0.3 is 9.52 Å². The van der Waals surface area contributed by atoms with Gasteiger partial charge >= 0.3 is 5.63 Å². The Morgan fingerprint density at radius 3 is 2.62 bits per heavy atom. The van der Waals surface area contributed by atoms with Crippen molar-refractivity contribution in [2.75, 3.05) is 0 Å². The molecule has 21 heavy (non-hydrogen) atoms. The van der Waals surface area contributed by atoms with E-state index < -0.39 is 5.63 Å². The second-order valence-corrected chi connectivity index (χ2v) is 5.24. The number of aromatic hydroxyl groups is 1. The Kier molecular flexibility index (Phi) is 3.30. The molecule has 102 valence electrons. The number of hydrogen-bond donors (Lipinski definition) is 1. The van der Waals surface area contributed by atoms with Crippen LogP contribution in [0.5, 0.6) is 5.75 Å². The number of thiophene rings is 1. The molecule has 3 aromatic rings. The molecule has 0 radical (unpaired) electrons. The maximum atomic E-state index is 12.0. The fourth-order valence-electron chi connectivity index (χ4n) is 2.04. The minimum absolute atomic E-state index is 0.0162. The molecule has 0 saturated carbocycles. The standard InChI is InChI=1S/C16H9NO3S/c17-9-12-11(15-6-3-7-21-15)8-14(20-16(12)19)10-4-1-2-5-13(10)18/h1-8,18H. The lowest BCUT2D eigenvalue weighted by Crippen LogP contribution is -2.06. The van der Waals surface area contributed by atoms with E-state index in [1.54, 1.807) is 24.3 Å². The number of hydrogen-bond acceptors (Lipinski definition) is 5. The lowest BCUT2D eigenvalue weighted by molar-refractivity contribution is 0.470. The summed E-state index contributed by atoms with van der Waals surface area (Å²) < 4.78 is 5.17. The van der Waals surface area contributed by atoms with Gasteiger partial charge in [-0.1, -0.05) is 18.2 Å². The Morgan fingerprint density at radius 2 is 1.95 bits per heavy atom. The average molecular weight is 295 g/mol. The van der Waals surface area contributed by atoms with Gasteiger partial charge in [0.2, 0.25) is 0 Å². The van der Waals surface area contributed by atoms with Gasteiger partial charge in [-0.3, -0.25) is 0 Å². The maximum absolute atomic E-state index is 12.0. The van der Waals surface area contributed by atoms with Crippen molar-refractivity contribution in [1.82, 2.24) is 0 Å². The normalized spacial score (nSPS) is 10.2. The number of phenols is 1. The van der Waals surface area contributed by atoms with E-state index in [1.165, 1.54) is 17.4 Å². The smallest absolute Gasteiger partial charge is 0.354 e. The zero-order valence-corrected chi connectivity index (χ0v) is 11.6. The Morgan fingerprint density at radius 1 is 1.14 bits per heavy atom. The Bertz CT molecular complexity index is 889. The number of para-hydroxylation sites is 1. The number of nitriles is 1. The van der Waals surface area contributed by atoms with Crippen LogP contribution < -0.4 is 5.63 Å². The Hall–Kier alpha value is -2.84. The predicted molar refractivity (Wildman–Crippen MR) is 80.1 cm³/mol. The van der Waals surface area contributed by atoms with Crippen LogP contribution in [-0.2, 0) is 0 Å². The summed E-state index contributed by atoms with van der Waals surface area (Å²) >= 11 is 1.43. The summed E-state index contributed by atoms with van der Waals surface area (Å²) in [6, 6.07) is 13.7. The van der Waals surface area contributed by atoms with Crippen LogP contribution in [0.2, 0.25) is 0 Å². The first-order valence-corrected chi connectivity index (χ1v) is 6.99. The first-order chi connectivity index (χ1) is 10.2. The van der Waals surface area contributed by atoms with E-state index in [0.717, 1.165) is 4.88 Å². The lowest BCUT2D eigenvalue weighted by Gasteiger charge is -2.06. The molecule has 5 heteroatoms. The molecular weight excluding hydrogens is 286 g/mol. The van der Waals surface area contributed by atoms with Crippen molar-refractivity contribution in [1.29, 1.82) is 5.26 Å². The van der Waals surface area contributed by atoms with Gasteiger partial charge in [-0.15, -0.1) is 11.3 Å². The largest absolute Gasteiger partial charge is 0.507 e. The predicted octanol–water partition coefficient (Wildman–Crippen LogP) is 3.61. The molecule has 0 saturated heterocycles. The Labute approximate surface area is 124 Å². The van der Waals surface area contributed by atoms with Crippen molar-refractivity contribution in [2.24, 2.45) is 0 Å². The van der Waals surface area contributed by atoms with Crippen LogP contribution in [0.1, 0.15) is 5.56 Å². The van der Waals surface area contributed by atoms with E-state index in [2.05, 4.69) is 0 Å². The molecule has 0 amide bonds. The van der Waals surface area contributed by atoms with Crippen LogP contribution in [0.3, 0.4) is 0 Å². The zero-order chi connectivity index (χ0) is 14.8. The van der Waals surface area contributed by atoms with Crippen LogP contribution in [0.4, 0.5) is 0 Å². The van der Waals surface area contributed by atoms with Crippen molar-refractivity contribution >= 4 is 11.3 Å². The first kappa shape index (κ1) is 13.2. The van der Waals surface area contributed by atoms with Crippen LogP contribution in [0, 0.1) is 11.3 Å². The summed E-state index contributed by atoms with van der Waals surface area (Å²) in [7, 11) is 0. The van der Waals surface area contributed by atoms with E-state index in [4.69, 9.17) is 9.68 Å². The minimum Gasteiger partial charge on any atom is -0.507 e. The highest BCUT2D eigenvalue weighted by Crippen LogP contribution is 2.33. The second kappa shape index (κ2) is 5.27. The fourth-order valence-corrected chi connectivity index (χ4v) is 2.79. The van der Waals surface area contributed by atoms with Crippen molar-refractivity contribution in [3.63, 3.8) is 0 Å². The molecule has 1 N–H and O–H groups in total. The summed E-state index contributed by atoms with van der Waals surface area (Å²) in [5.74, 6) is 0.253. The van der Waals surface area contributed by atoms with Gasteiger partial charge in [-0.2, -0.15) is 5.26 Å². The molecule has 1 aromatic carbocycles. The van der Waals surface area contributed by atoms with Crippen molar-refractivity contribution in [3.8, 4) is 33.6 Å². The minimum atomic E-state index is -0.707. The number of benzene rings is 1. The van der Waals surface area contributed by atoms with Crippen LogP contribution in [-0.4, -0.2) is 5.11 Å². The molecule has 0 bridgehead atoms. The topological polar surface area (TPSA) is 74.2 Å². The SMILES string of the molecule is N#Cc1c(-c2cccs2)cc(-c2ccccc2O)oc1=O. The molecule has 2 heterocycles. The molecule has 4 nitrogen and oxygen atoms in total. The van der Waals surface area contributed by atoms with Gasteiger partial charge in [-0.25, -0.2) is 4.79 Å². The van der Waals surface area contributed by atoms with Crippen LogP contribution >= 0.6 is 11.3 Å². The molecule has 3 rings (SSSR count). The third-order valence-corrected chi connectivity index (χ3v) is 3.92. The fraction of sp³-hybridized carbons (Fsp3) is 0. The third kappa shape index (κ3) is 2.33. The van der Waals surface area contributed by atoms with Crippen LogP contribution in [0.15, 0.2) is 57.1 Å². The van der Waals surface area contributed by atoms with Gasteiger partial charge in [0, 0.05) is 10.4 Å². The first-order valence-electron chi connectivity index (χ1n) is 6.11. The quantitative estimate of drug-likeness (QED) is 0.783. The third-order valence-electron chi connectivity index (χ3n) is 3.02. The highest BCUT2D eigenvalue weighted by atomic mass is 32.1. The molecular formula is C16H9NO3S. The highest BCUT2D eigenvalue weighted by molar-refractivity contribution is 7.13. The molecule has 0 aliphatic carbocycles. The molecule has 0 aliphatic rings. The van der Waals surface area contributed by atoms with Crippen molar-refractivity contribution < 1.29 is 9.52 Å². The molecule has 0 spiro atoms. The van der Waals surface area contributed by atoms with E-state index >= 15 is 0 Å². The van der Waals surface area contributed by atoms with Gasteiger partial charge in [0.15, 0.2) is 0 Å². The van der Waals surface area contributed by atoms with Crippen molar-refractivity contribution in [3.05, 3.63) is 63.8 Å². The summed E-state index contributed by atoms with van der Waals surface area (Å²) in [4.78, 5) is 12.8. The number of rotatable bonds is 2. The van der Waals surface area contributed by atoms with Gasteiger partial charge in [0.05, 0.1) is 5.56 Å². The zero-order valence-electron chi connectivity index (χ0n) is 10.7. The van der Waals surface area contributed by atoms with E-state index in [9.17, 15) is 9.90 Å². The Balaban J connectivity index is 2.29. The summed E-state index contributed by atoms with van der Waals surface area (Å²) in [6.07, 6.45) is 0. The maximum Gasteiger partial charge on any atom is 0.354 e. The molecule has 0 aliphatic heterocycles. The van der Waals surface area contributed by atoms with Gasteiger partial charge in [0.1, 0.15) is 23.1 Å². The average Bonchev–Trinajstić information content (AvgIpc) is 3.01. The molecule has 2 aromatic heterocycles. The number of phenolic OH excluding ortho intramolecular Hbond substituents is 1. The van der Waals surface area contributed by atoms with Gasteiger partial charge in [-0.05, 0) is 29.6 Å². The van der Waals surface area contributed by atoms with Gasteiger partial charge in [0.25, 0.3) is 0 Å². The van der Waals surface area contributed by atoms with E-state index in [-0.39, 0.29) is 17.1 Å². The summed E-state index contributed by atoms with van der Waals surface area (Å²) in [5, 5.41) is 20.9. The van der Waals surface area contributed by atoms with Crippen LogP contribution in [0.25, 0.3) is 21.8 Å². The summed E-state index contributed by atoms with van der Waals surface area (Å²) in [5.41, 5.74) is 0.192. The van der Waals surface area contributed by atoms with Crippen molar-refractivity contribution in [2.45, 2.75) is 0 Å². The molecule has 0 atom stereocenters. The highest BCUT2D eigenvalue weighted by Gasteiger charge is 2.16. The van der Waals surface area contributed by atoms with E-state index in [0.29, 0.717) is 11.1 Å². The molecule has 0 fully saturated rings.